The van der Waals surface area contributed by atoms with Crippen LogP contribution in [0.15, 0.2) is 11.6 Å². The van der Waals surface area contributed by atoms with E-state index in [1.165, 1.54) is 37.7 Å². The molecule has 1 atom stereocenters. The normalized spacial score (nSPS) is 23.8. The summed E-state index contributed by atoms with van der Waals surface area (Å²) in [7, 11) is 0. The van der Waals surface area contributed by atoms with Crippen molar-refractivity contribution in [2.75, 3.05) is 19.6 Å². The van der Waals surface area contributed by atoms with E-state index in [9.17, 15) is 4.79 Å². The predicted molar refractivity (Wildman–Crippen MR) is 74.4 cm³/mol. The van der Waals surface area contributed by atoms with Crippen molar-refractivity contribution in [3.63, 3.8) is 0 Å². The van der Waals surface area contributed by atoms with Gasteiger partial charge in [-0.15, -0.1) is 0 Å². The van der Waals surface area contributed by atoms with E-state index in [1.807, 2.05) is 0 Å². The molecule has 18 heavy (non-hydrogen) atoms. The van der Waals surface area contributed by atoms with Crippen LogP contribution in [0.25, 0.3) is 0 Å². The summed E-state index contributed by atoms with van der Waals surface area (Å²) in [6, 6.07) is 0. The second kappa shape index (κ2) is 7.57. The molecular weight excluding hydrogens is 224 g/mol. The molecule has 0 aromatic carbocycles. The number of nitrogens with one attached hydrogen (secondary N) is 2. The number of piperidine rings is 1. The molecule has 3 nitrogen and oxygen atoms in total. The molecule has 102 valence electrons. The second-order valence-electron chi connectivity index (χ2n) is 5.61. The fraction of sp³-hybridized carbons (Fsp3) is 0.800. The number of allylic oxidation sites excluding steroid dienone is 1. The highest BCUT2D eigenvalue weighted by Gasteiger charge is 2.14. The molecule has 1 fully saturated rings. The van der Waals surface area contributed by atoms with E-state index in [0.29, 0.717) is 12.3 Å². The van der Waals surface area contributed by atoms with E-state index in [0.717, 1.165) is 32.5 Å². The van der Waals surface area contributed by atoms with Gasteiger partial charge in [0.05, 0.1) is 0 Å². The second-order valence-corrected chi connectivity index (χ2v) is 5.61. The summed E-state index contributed by atoms with van der Waals surface area (Å²) in [5.74, 6) is 0.946. The first-order valence-electron chi connectivity index (χ1n) is 7.50. The molecule has 1 aliphatic carbocycles. The summed E-state index contributed by atoms with van der Waals surface area (Å²) in [5.41, 5.74) is 1.53. The van der Waals surface area contributed by atoms with Crippen molar-refractivity contribution >= 4 is 5.91 Å². The highest BCUT2D eigenvalue weighted by molar-refractivity contribution is 5.75. The van der Waals surface area contributed by atoms with Gasteiger partial charge in [0, 0.05) is 13.0 Å². The Kier molecular flexibility index (Phi) is 5.72. The molecule has 2 aliphatic rings. The van der Waals surface area contributed by atoms with Gasteiger partial charge in [-0.3, -0.25) is 4.79 Å². The predicted octanol–water partition coefficient (Wildman–Crippen LogP) is 2.38. The van der Waals surface area contributed by atoms with Crippen molar-refractivity contribution in [2.45, 2.75) is 51.4 Å². The van der Waals surface area contributed by atoms with Gasteiger partial charge in [-0.25, -0.2) is 0 Å². The number of hydrogen-bond acceptors (Lipinski definition) is 2. The Hall–Kier alpha value is -0.830. The standard InChI is InChI=1S/C15H26N2O/c18-15(8-7-14-6-3-10-16-12-14)17-11-9-13-4-1-2-5-13/h4,14,16H,1-3,5-12H2,(H,17,18). The molecule has 1 aliphatic heterocycles. The van der Waals surface area contributed by atoms with Gasteiger partial charge in [0.2, 0.25) is 5.91 Å². The van der Waals surface area contributed by atoms with Gasteiger partial charge < -0.3 is 10.6 Å². The summed E-state index contributed by atoms with van der Waals surface area (Å²) < 4.78 is 0. The highest BCUT2D eigenvalue weighted by atomic mass is 16.1. The van der Waals surface area contributed by atoms with Gasteiger partial charge in [0.1, 0.15) is 0 Å². The van der Waals surface area contributed by atoms with E-state index in [4.69, 9.17) is 0 Å². The number of amides is 1. The molecule has 1 heterocycles. The maximum atomic E-state index is 11.7. The number of rotatable bonds is 6. The van der Waals surface area contributed by atoms with Crippen LogP contribution >= 0.6 is 0 Å². The lowest BCUT2D eigenvalue weighted by molar-refractivity contribution is -0.121. The zero-order chi connectivity index (χ0) is 12.6. The van der Waals surface area contributed by atoms with Crippen molar-refractivity contribution < 1.29 is 4.79 Å². The first kappa shape index (κ1) is 13.6. The van der Waals surface area contributed by atoms with Gasteiger partial charge in [-0.2, -0.15) is 0 Å². The highest BCUT2D eigenvalue weighted by Crippen LogP contribution is 2.20. The zero-order valence-corrected chi connectivity index (χ0v) is 11.3. The monoisotopic (exact) mass is 250 g/mol. The molecular formula is C15H26N2O. The first-order valence-corrected chi connectivity index (χ1v) is 7.50. The lowest BCUT2D eigenvalue weighted by atomic mass is 9.94. The van der Waals surface area contributed by atoms with E-state index >= 15 is 0 Å². The molecule has 0 aromatic heterocycles. The SMILES string of the molecule is O=C(CCC1CCCNC1)NCCC1=CCCC1. The van der Waals surface area contributed by atoms with Gasteiger partial charge in [-0.1, -0.05) is 11.6 Å². The lowest BCUT2D eigenvalue weighted by Gasteiger charge is -2.22. The van der Waals surface area contributed by atoms with E-state index < -0.39 is 0 Å². The summed E-state index contributed by atoms with van der Waals surface area (Å²) in [5, 5.41) is 6.45. The molecule has 2 rings (SSSR count). The molecule has 1 unspecified atom stereocenters. The number of hydrogen-bond donors (Lipinski definition) is 2. The van der Waals surface area contributed by atoms with Crippen molar-refractivity contribution in [3.05, 3.63) is 11.6 Å². The van der Waals surface area contributed by atoms with Gasteiger partial charge in [0.15, 0.2) is 0 Å². The summed E-state index contributed by atoms with van der Waals surface area (Å²) in [6.45, 7) is 3.07. The van der Waals surface area contributed by atoms with Crippen LogP contribution in [0.1, 0.15) is 51.4 Å². The van der Waals surface area contributed by atoms with Crippen LogP contribution in [-0.4, -0.2) is 25.5 Å². The molecule has 0 bridgehead atoms. The lowest BCUT2D eigenvalue weighted by Crippen LogP contribution is -2.31. The zero-order valence-electron chi connectivity index (χ0n) is 11.3. The Bertz CT molecular complexity index is 293. The van der Waals surface area contributed by atoms with Gasteiger partial charge >= 0.3 is 0 Å². The van der Waals surface area contributed by atoms with Crippen LogP contribution in [-0.2, 0) is 4.79 Å². The Morgan fingerprint density at radius 3 is 3.11 bits per heavy atom. The first-order chi connectivity index (χ1) is 8.84. The largest absolute Gasteiger partial charge is 0.356 e. The van der Waals surface area contributed by atoms with Crippen molar-refractivity contribution in [3.8, 4) is 0 Å². The fourth-order valence-corrected chi connectivity index (χ4v) is 2.92. The Morgan fingerprint density at radius 1 is 1.44 bits per heavy atom. The topological polar surface area (TPSA) is 41.1 Å². The summed E-state index contributed by atoms with van der Waals surface area (Å²) in [4.78, 5) is 11.7. The third-order valence-electron chi connectivity index (χ3n) is 4.08. The van der Waals surface area contributed by atoms with Crippen LogP contribution in [0.2, 0.25) is 0 Å². The van der Waals surface area contributed by atoms with Crippen molar-refractivity contribution in [2.24, 2.45) is 5.92 Å². The van der Waals surface area contributed by atoms with Crippen LogP contribution < -0.4 is 10.6 Å². The molecule has 0 spiro atoms. The third-order valence-corrected chi connectivity index (χ3v) is 4.08. The average molecular weight is 250 g/mol. The van der Waals surface area contributed by atoms with Crippen LogP contribution in [0, 0.1) is 5.92 Å². The molecule has 3 heteroatoms. The minimum absolute atomic E-state index is 0.235. The van der Waals surface area contributed by atoms with E-state index in [-0.39, 0.29) is 5.91 Å². The molecule has 1 amide bonds. The van der Waals surface area contributed by atoms with Gasteiger partial charge in [0.25, 0.3) is 0 Å². The van der Waals surface area contributed by atoms with Crippen LogP contribution in [0.3, 0.4) is 0 Å². The van der Waals surface area contributed by atoms with Crippen LogP contribution in [0.4, 0.5) is 0 Å². The smallest absolute Gasteiger partial charge is 0.220 e. The molecule has 0 saturated carbocycles. The fourth-order valence-electron chi connectivity index (χ4n) is 2.92. The Morgan fingerprint density at radius 2 is 2.39 bits per heavy atom. The van der Waals surface area contributed by atoms with Gasteiger partial charge in [-0.05, 0) is 64.0 Å². The number of carbonyl (C=O) groups is 1. The third kappa shape index (κ3) is 4.81. The summed E-state index contributed by atoms with van der Waals surface area (Å²) >= 11 is 0. The average Bonchev–Trinajstić information content (AvgIpc) is 2.91. The minimum Gasteiger partial charge on any atom is -0.356 e. The van der Waals surface area contributed by atoms with Crippen molar-refractivity contribution in [1.82, 2.24) is 10.6 Å². The number of carbonyl (C=O) groups excluding carboxylic acids is 1. The molecule has 2 N–H and O–H groups in total. The quantitative estimate of drug-likeness (QED) is 0.711. The van der Waals surface area contributed by atoms with E-state index in [1.54, 1.807) is 0 Å². The molecule has 1 saturated heterocycles. The van der Waals surface area contributed by atoms with Crippen molar-refractivity contribution in [1.29, 1.82) is 0 Å². The Labute approximate surface area is 110 Å². The van der Waals surface area contributed by atoms with Crippen LogP contribution in [0.5, 0.6) is 0 Å². The maximum absolute atomic E-state index is 11.7. The summed E-state index contributed by atoms with van der Waals surface area (Å²) in [6.07, 6.45) is 11.5. The maximum Gasteiger partial charge on any atom is 0.220 e. The molecule has 0 aromatic rings. The molecule has 0 radical (unpaired) electrons. The van der Waals surface area contributed by atoms with E-state index in [2.05, 4.69) is 16.7 Å². The Balaban J connectivity index is 1.51. The minimum atomic E-state index is 0.235.